The molecule has 3 fully saturated rings. The predicted octanol–water partition coefficient (Wildman–Crippen LogP) is 3.09. The Morgan fingerprint density at radius 1 is 0.893 bits per heavy atom. The Bertz CT molecular complexity index is 820. The molecule has 5 rings (SSSR count). The van der Waals surface area contributed by atoms with Crippen LogP contribution >= 0.6 is 0 Å². The lowest BCUT2D eigenvalue weighted by Gasteiger charge is -2.46. The molecule has 146 valence electrons. The van der Waals surface area contributed by atoms with Crippen molar-refractivity contribution in [1.29, 1.82) is 0 Å². The molecule has 1 saturated carbocycles. The minimum atomic E-state index is -1.79. The summed E-state index contributed by atoms with van der Waals surface area (Å²) in [6.07, 6.45) is 3.03. The van der Waals surface area contributed by atoms with Gasteiger partial charge in [-0.25, -0.2) is 4.79 Å². The lowest BCUT2D eigenvalue weighted by Crippen LogP contribution is -2.59. The summed E-state index contributed by atoms with van der Waals surface area (Å²) >= 11 is 0. The number of nitrogens with zero attached hydrogens (tertiary/aromatic N) is 1. The van der Waals surface area contributed by atoms with Crippen molar-refractivity contribution in [1.82, 2.24) is 0 Å². The van der Waals surface area contributed by atoms with Gasteiger partial charge in [0, 0.05) is 24.7 Å². The molecule has 2 aliphatic heterocycles. The highest BCUT2D eigenvalue weighted by Gasteiger charge is 2.68. The van der Waals surface area contributed by atoms with E-state index >= 15 is 0 Å². The van der Waals surface area contributed by atoms with Crippen molar-refractivity contribution in [3.8, 4) is 0 Å². The number of aliphatic hydroxyl groups is 1. The molecule has 28 heavy (non-hydrogen) atoms. The lowest BCUT2D eigenvalue weighted by molar-refractivity contribution is -0.937. The zero-order valence-electron chi connectivity index (χ0n) is 16.5. The van der Waals surface area contributed by atoms with Gasteiger partial charge in [0.15, 0.2) is 0 Å². The van der Waals surface area contributed by atoms with Crippen molar-refractivity contribution in [2.24, 2.45) is 11.8 Å². The number of rotatable bonds is 4. The van der Waals surface area contributed by atoms with Crippen LogP contribution in [0.3, 0.4) is 0 Å². The van der Waals surface area contributed by atoms with E-state index in [9.17, 15) is 9.90 Å². The summed E-state index contributed by atoms with van der Waals surface area (Å²) in [4.78, 5) is 13.3. The van der Waals surface area contributed by atoms with Gasteiger partial charge < -0.3 is 14.3 Å². The molecule has 1 N–H and O–H groups in total. The van der Waals surface area contributed by atoms with E-state index in [1.165, 1.54) is 6.42 Å². The number of hydrogen-bond acceptors (Lipinski definition) is 3. The van der Waals surface area contributed by atoms with Gasteiger partial charge in [-0.3, -0.25) is 0 Å². The first-order valence-corrected chi connectivity index (χ1v) is 10.3. The predicted molar refractivity (Wildman–Crippen MR) is 106 cm³/mol. The third kappa shape index (κ3) is 2.55. The number of carbonyl (C=O) groups excluding carboxylic acids is 1. The number of ether oxygens (including phenoxy) is 1. The number of piperidine rings is 2. The van der Waals surface area contributed by atoms with E-state index in [-0.39, 0.29) is 6.10 Å². The number of hydrogen-bond donors (Lipinski definition) is 1. The SMILES string of the molecule is C[N+]1(C)C2CC(OC(=O)C(O)(c3ccccc3)c3ccccc3)CC1[C@@H]1CC21. The highest BCUT2D eigenvalue weighted by atomic mass is 16.6. The van der Waals surface area contributed by atoms with Gasteiger partial charge in [0.1, 0.15) is 6.10 Å². The molecule has 2 aromatic rings. The highest BCUT2D eigenvalue weighted by Crippen LogP contribution is 2.61. The normalized spacial score (nSPS) is 32.5. The van der Waals surface area contributed by atoms with Crippen LogP contribution in [0.2, 0.25) is 0 Å². The van der Waals surface area contributed by atoms with Crippen LogP contribution < -0.4 is 0 Å². The van der Waals surface area contributed by atoms with E-state index < -0.39 is 11.6 Å². The second-order valence-corrected chi connectivity index (χ2v) is 9.27. The molecule has 2 saturated heterocycles. The number of fused-ring (bicyclic) bond motifs is 5. The summed E-state index contributed by atoms with van der Waals surface area (Å²) in [6, 6.07) is 19.4. The molecule has 3 aliphatic rings. The maximum Gasteiger partial charge on any atom is 0.347 e. The summed E-state index contributed by atoms with van der Waals surface area (Å²) in [7, 11) is 4.65. The van der Waals surface area contributed by atoms with E-state index in [4.69, 9.17) is 4.74 Å². The summed E-state index contributed by atoms with van der Waals surface area (Å²) in [5.41, 5.74) is -0.695. The molecular formula is C24H28NO3+. The number of benzene rings is 2. The van der Waals surface area contributed by atoms with Gasteiger partial charge in [-0.2, -0.15) is 0 Å². The van der Waals surface area contributed by atoms with Crippen molar-refractivity contribution < 1.29 is 19.1 Å². The molecule has 2 heterocycles. The molecule has 4 unspecified atom stereocenters. The van der Waals surface area contributed by atoms with E-state index in [0.29, 0.717) is 23.2 Å². The van der Waals surface area contributed by atoms with Crippen LogP contribution in [-0.4, -0.2) is 47.8 Å². The first-order valence-electron chi connectivity index (χ1n) is 10.3. The van der Waals surface area contributed by atoms with Crippen molar-refractivity contribution in [2.75, 3.05) is 14.1 Å². The average Bonchev–Trinajstić information content (AvgIpc) is 3.47. The number of carbonyl (C=O) groups is 1. The summed E-state index contributed by atoms with van der Waals surface area (Å²) in [6.45, 7) is 0. The maximum absolute atomic E-state index is 13.3. The fourth-order valence-corrected chi connectivity index (χ4v) is 5.98. The summed E-state index contributed by atoms with van der Waals surface area (Å²) < 4.78 is 7.07. The van der Waals surface area contributed by atoms with Crippen LogP contribution in [-0.2, 0) is 15.1 Å². The van der Waals surface area contributed by atoms with Gasteiger partial charge in [-0.1, -0.05) is 60.7 Å². The molecule has 0 amide bonds. The topological polar surface area (TPSA) is 46.5 Å². The molecule has 4 nitrogen and oxygen atoms in total. The Balaban J connectivity index is 1.42. The van der Waals surface area contributed by atoms with Gasteiger partial charge in [0.25, 0.3) is 0 Å². The highest BCUT2D eigenvalue weighted by molar-refractivity contribution is 5.85. The zero-order valence-corrected chi connectivity index (χ0v) is 16.5. The van der Waals surface area contributed by atoms with Crippen molar-refractivity contribution in [3.63, 3.8) is 0 Å². The van der Waals surface area contributed by atoms with Crippen LogP contribution in [0.1, 0.15) is 30.4 Å². The second-order valence-electron chi connectivity index (χ2n) is 9.27. The molecular weight excluding hydrogens is 350 g/mol. The van der Waals surface area contributed by atoms with Crippen molar-refractivity contribution in [3.05, 3.63) is 71.8 Å². The zero-order chi connectivity index (χ0) is 19.5. The smallest absolute Gasteiger partial charge is 0.347 e. The maximum atomic E-state index is 13.3. The molecule has 0 radical (unpaired) electrons. The summed E-state index contributed by atoms with van der Waals surface area (Å²) in [5.74, 6) is 1.03. The van der Waals surface area contributed by atoms with E-state index in [0.717, 1.165) is 29.2 Å². The van der Waals surface area contributed by atoms with Crippen LogP contribution in [0.25, 0.3) is 0 Å². The quantitative estimate of drug-likeness (QED) is 0.657. The average molecular weight is 378 g/mol. The van der Waals surface area contributed by atoms with Gasteiger partial charge >= 0.3 is 5.97 Å². The first-order chi connectivity index (χ1) is 13.4. The second kappa shape index (κ2) is 6.16. The van der Waals surface area contributed by atoms with Gasteiger partial charge in [-0.15, -0.1) is 0 Å². The van der Waals surface area contributed by atoms with Crippen LogP contribution in [0, 0.1) is 11.8 Å². The number of esters is 1. The van der Waals surface area contributed by atoms with Gasteiger partial charge in [-0.05, 0) is 17.5 Å². The largest absolute Gasteiger partial charge is 0.459 e. The van der Waals surface area contributed by atoms with Crippen LogP contribution in [0.4, 0.5) is 0 Å². The van der Waals surface area contributed by atoms with Gasteiger partial charge in [0.05, 0.1) is 26.2 Å². The summed E-state index contributed by atoms with van der Waals surface area (Å²) in [5, 5.41) is 11.6. The van der Waals surface area contributed by atoms with E-state index in [2.05, 4.69) is 14.1 Å². The minimum absolute atomic E-state index is 0.111. The van der Waals surface area contributed by atoms with Gasteiger partial charge in [0.2, 0.25) is 5.60 Å². The molecule has 0 spiro atoms. The Morgan fingerprint density at radius 3 is 1.82 bits per heavy atom. The Kier molecular flexibility index (Phi) is 3.94. The molecule has 0 aromatic heterocycles. The van der Waals surface area contributed by atoms with Crippen molar-refractivity contribution in [2.45, 2.75) is 43.1 Å². The molecule has 2 aromatic carbocycles. The monoisotopic (exact) mass is 378 g/mol. The lowest BCUT2D eigenvalue weighted by atomic mass is 9.86. The third-order valence-electron chi connectivity index (χ3n) is 7.55. The van der Waals surface area contributed by atoms with Crippen molar-refractivity contribution >= 4 is 5.97 Å². The van der Waals surface area contributed by atoms with Crippen LogP contribution in [0.15, 0.2) is 60.7 Å². The molecule has 2 bridgehead atoms. The Hall–Kier alpha value is -2.17. The van der Waals surface area contributed by atoms with E-state index in [1.54, 1.807) is 24.3 Å². The van der Waals surface area contributed by atoms with Crippen LogP contribution in [0.5, 0.6) is 0 Å². The minimum Gasteiger partial charge on any atom is -0.459 e. The Morgan fingerprint density at radius 2 is 1.36 bits per heavy atom. The standard InChI is InChI=1S/C24H28NO3/c1-25(2)21-13-18(14-22(25)20-15-19(20)21)28-23(26)24(27,16-9-5-3-6-10-16)17-11-7-4-8-12-17/h3-12,18-22,27H,13-15H2,1-2H3/q+1/t18?,19-,20?,21?,22?/m1/s1. The van der Waals surface area contributed by atoms with E-state index in [1.807, 2.05) is 36.4 Å². The Labute approximate surface area is 166 Å². The fraction of sp³-hybridized carbons (Fsp3) is 0.458. The molecule has 1 aliphatic carbocycles. The first kappa shape index (κ1) is 17.9. The fourth-order valence-electron chi connectivity index (χ4n) is 5.98. The number of quaternary nitrogens is 1. The molecule has 5 atom stereocenters. The molecule has 4 heteroatoms. The third-order valence-corrected chi connectivity index (χ3v) is 7.55.